The lowest BCUT2D eigenvalue weighted by atomic mass is 10.1. The molecule has 0 saturated carbocycles. The second-order valence-corrected chi connectivity index (χ2v) is 8.61. The van der Waals surface area contributed by atoms with E-state index in [9.17, 15) is 25.0 Å². The van der Waals surface area contributed by atoms with E-state index in [1.807, 2.05) is 0 Å². The standard InChI is InChI=1S/C16H23N4O11P/c17-13-6-1-2-20(14(6)19-5-18-13)15-12(10(23)7(3-21)29-15)31-16-11(24)9(22)8(30-16)4-28-32(25,26)27/h1-2,5,7-12,15-16,21-24H,3-4H2,(H2,17,18,19)(H2,25,26,27)/t7-,8?,9+,10-,11-,12?,15-,16+/m1/s1. The van der Waals surface area contributed by atoms with Crippen molar-refractivity contribution in [1.29, 1.82) is 0 Å². The Labute approximate surface area is 180 Å². The molecule has 2 aliphatic rings. The molecule has 15 nitrogen and oxygen atoms in total. The summed E-state index contributed by atoms with van der Waals surface area (Å²) in [7, 11) is -4.83. The quantitative estimate of drug-likeness (QED) is 0.199. The van der Waals surface area contributed by atoms with Crippen molar-refractivity contribution in [3.63, 3.8) is 0 Å². The average Bonchev–Trinajstić information content (AvgIpc) is 3.38. The van der Waals surface area contributed by atoms with E-state index < -0.39 is 70.2 Å². The highest BCUT2D eigenvalue weighted by molar-refractivity contribution is 7.46. The third-order valence-corrected chi connectivity index (χ3v) is 5.81. The first-order valence-electron chi connectivity index (χ1n) is 9.49. The molecule has 2 fully saturated rings. The normalized spacial score (nSPS) is 35.7. The smallest absolute Gasteiger partial charge is 0.394 e. The van der Waals surface area contributed by atoms with Crippen molar-refractivity contribution in [2.24, 2.45) is 0 Å². The molecule has 0 amide bonds. The molecule has 8 N–H and O–H groups in total. The number of nitrogen functional groups attached to an aromatic ring is 1. The minimum atomic E-state index is -4.83. The first kappa shape index (κ1) is 23.4. The molecule has 2 aliphatic heterocycles. The Morgan fingerprint density at radius 1 is 1.12 bits per heavy atom. The van der Waals surface area contributed by atoms with Gasteiger partial charge in [-0.2, -0.15) is 0 Å². The number of hydrogen-bond donors (Lipinski definition) is 7. The van der Waals surface area contributed by atoms with E-state index in [1.54, 1.807) is 12.3 Å². The number of rotatable bonds is 7. The molecule has 2 unspecified atom stereocenters. The van der Waals surface area contributed by atoms with E-state index in [0.29, 0.717) is 11.0 Å². The molecule has 4 rings (SSSR count). The van der Waals surface area contributed by atoms with Crippen molar-refractivity contribution in [3.8, 4) is 0 Å². The number of aromatic nitrogens is 3. The molecule has 0 aromatic carbocycles. The van der Waals surface area contributed by atoms with Gasteiger partial charge in [-0.1, -0.05) is 0 Å². The van der Waals surface area contributed by atoms with E-state index in [2.05, 4.69) is 14.5 Å². The molecule has 32 heavy (non-hydrogen) atoms. The Bertz CT molecular complexity index is 1000. The summed E-state index contributed by atoms with van der Waals surface area (Å²) in [6, 6.07) is 1.63. The zero-order valence-electron chi connectivity index (χ0n) is 16.4. The number of anilines is 1. The Hall–Kier alpha value is -1.75. The summed E-state index contributed by atoms with van der Waals surface area (Å²) in [4.78, 5) is 25.7. The summed E-state index contributed by atoms with van der Waals surface area (Å²) in [5, 5.41) is 41.1. The maximum absolute atomic E-state index is 10.9. The second kappa shape index (κ2) is 8.89. The van der Waals surface area contributed by atoms with Gasteiger partial charge in [-0.15, -0.1) is 0 Å². The van der Waals surface area contributed by atoms with Crippen LogP contribution >= 0.6 is 7.82 Å². The number of fused-ring (bicyclic) bond motifs is 1. The van der Waals surface area contributed by atoms with Crippen molar-refractivity contribution in [1.82, 2.24) is 14.5 Å². The molecule has 178 valence electrons. The fourth-order valence-electron chi connectivity index (χ4n) is 3.73. The third kappa shape index (κ3) is 4.37. The van der Waals surface area contributed by atoms with E-state index in [0.717, 1.165) is 0 Å². The SMILES string of the molecule is Nc1ncnc2c1ccn2[C@@H]1O[C@H](CO)[C@@H](O)C1O[C@@H]1OC(COP(=O)(O)O)[C@H](O)[C@H]1O. The molecule has 2 aromatic rings. The van der Waals surface area contributed by atoms with Gasteiger partial charge in [-0.05, 0) is 6.07 Å². The minimum absolute atomic E-state index is 0.217. The molecule has 2 aromatic heterocycles. The topological polar surface area (TPSA) is 232 Å². The van der Waals surface area contributed by atoms with Crippen LogP contribution in [0, 0.1) is 0 Å². The average molecular weight is 478 g/mol. The summed E-state index contributed by atoms with van der Waals surface area (Å²) in [6.07, 6.45) is -7.85. The van der Waals surface area contributed by atoms with Gasteiger partial charge in [0.1, 0.15) is 54.4 Å². The number of nitrogens with two attached hydrogens (primary N) is 1. The van der Waals surface area contributed by atoms with Crippen LogP contribution in [0.2, 0.25) is 0 Å². The van der Waals surface area contributed by atoms with Gasteiger partial charge in [-0.3, -0.25) is 4.52 Å². The van der Waals surface area contributed by atoms with E-state index in [-0.39, 0.29) is 5.82 Å². The van der Waals surface area contributed by atoms with Crippen molar-refractivity contribution in [3.05, 3.63) is 18.6 Å². The predicted molar refractivity (Wildman–Crippen MR) is 102 cm³/mol. The molecular weight excluding hydrogens is 455 g/mol. The number of hydrogen-bond acceptors (Lipinski definition) is 12. The van der Waals surface area contributed by atoms with Gasteiger partial charge in [0, 0.05) is 6.20 Å². The highest BCUT2D eigenvalue weighted by Gasteiger charge is 2.51. The molecular formula is C16H23N4O11P. The van der Waals surface area contributed by atoms with E-state index in [1.165, 1.54) is 10.9 Å². The number of ether oxygens (including phenoxy) is 3. The molecule has 2 saturated heterocycles. The number of nitrogens with zero attached hydrogens (tertiary/aromatic N) is 3. The molecule has 4 heterocycles. The molecule has 0 radical (unpaired) electrons. The van der Waals surface area contributed by atoms with E-state index >= 15 is 0 Å². The van der Waals surface area contributed by atoms with Crippen molar-refractivity contribution >= 4 is 24.7 Å². The monoisotopic (exact) mass is 478 g/mol. The Kier molecular flexibility index (Phi) is 6.50. The fourth-order valence-corrected chi connectivity index (χ4v) is 4.07. The number of aliphatic hydroxyl groups is 4. The van der Waals surface area contributed by atoms with Crippen LogP contribution in [0.5, 0.6) is 0 Å². The highest BCUT2D eigenvalue weighted by Crippen LogP contribution is 2.39. The Balaban J connectivity index is 1.56. The van der Waals surface area contributed by atoms with Gasteiger partial charge in [0.05, 0.1) is 18.6 Å². The summed E-state index contributed by atoms with van der Waals surface area (Å²) < 4.78 is 33.5. The van der Waals surface area contributed by atoms with Crippen LogP contribution in [0.15, 0.2) is 18.6 Å². The molecule has 0 aliphatic carbocycles. The summed E-state index contributed by atoms with van der Waals surface area (Å²) in [5.74, 6) is 0.217. The van der Waals surface area contributed by atoms with Gasteiger partial charge in [0.2, 0.25) is 0 Å². The van der Waals surface area contributed by atoms with Crippen LogP contribution in [0.3, 0.4) is 0 Å². The Morgan fingerprint density at radius 3 is 2.56 bits per heavy atom. The van der Waals surface area contributed by atoms with Gasteiger partial charge >= 0.3 is 7.82 Å². The largest absolute Gasteiger partial charge is 0.469 e. The van der Waals surface area contributed by atoms with Crippen molar-refractivity contribution in [2.75, 3.05) is 18.9 Å². The summed E-state index contributed by atoms with van der Waals surface area (Å²) >= 11 is 0. The lowest BCUT2D eigenvalue weighted by Gasteiger charge is -2.26. The Morgan fingerprint density at radius 2 is 1.88 bits per heavy atom. The molecule has 0 spiro atoms. The van der Waals surface area contributed by atoms with Crippen molar-refractivity contribution in [2.45, 2.75) is 49.1 Å². The summed E-state index contributed by atoms with van der Waals surface area (Å²) in [6.45, 7) is -1.25. The number of aliphatic hydroxyl groups excluding tert-OH is 4. The first-order chi connectivity index (χ1) is 15.1. The maximum atomic E-state index is 10.9. The van der Waals surface area contributed by atoms with Gasteiger partial charge in [0.25, 0.3) is 0 Å². The third-order valence-electron chi connectivity index (χ3n) is 5.32. The minimum Gasteiger partial charge on any atom is -0.394 e. The second-order valence-electron chi connectivity index (χ2n) is 7.37. The van der Waals surface area contributed by atoms with Crippen LogP contribution < -0.4 is 5.73 Å². The van der Waals surface area contributed by atoms with Crippen LogP contribution in [-0.2, 0) is 23.3 Å². The first-order valence-corrected chi connectivity index (χ1v) is 11.0. The fraction of sp³-hybridized carbons (Fsp3) is 0.625. The molecule has 0 bridgehead atoms. The number of phosphoric ester groups is 1. The highest BCUT2D eigenvalue weighted by atomic mass is 31.2. The van der Waals surface area contributed by atoms with Crippen molar-refractivity contribution < 1.29 is 53.5 Å². The van der Waals surface area contributed by atoms with Crippen LogP contribution in [-0.4, -0.2) is 101 Å². The summed E-state index contributed by atoms with van der Waals surface area (Å²) in [5.41, 5.74) is 6.21. The van der Waals surface area contributed by atoms with E-state index in [4.69, 9.17) is 29.7 Å². The van der Waals surface area contributed by atoms with Crippen LogP contribution in [0.1, 0.15) is 6.23 Å². The molecule has 16 heteroatoms. The predicted octanol–water partition coefficient (Wildman–Crippen LogP) is -2.79. The van der Waals surface area contributed by atoms with Crippen LogP contribution in [0.25, 0.3) is 11.0 Å². The zero-order chi connectivity index (χ0) is 23.2. The van der Waals surface area contributed by atoms with Gasteiger partial charge in [-0.25, -0.2) is 14.5 Å². The van der Waals surface area contributed by atoms with Crippen LogP contribution in [0.4, 0.5) is 5.82 Å². The maximum Gasteiger partial charge on any atom is 0.469 e. The zero-order valence-corrected chi connectivity index (χ0v) is 17.3. The molecule has 8 atom stereocenters. The lowest BCUT2D eigenvalue weighted by molar-refractivity contribution is -0.219. The lowest BCUT2D eigenvalue weighted by Crippen LogP contribution is -2.42. The van der Waals surface area contributed by atoms with Gasteiger partial charge < -0.3 is 54.7 Å². The van der Waals surface area contributed by atoms with Gasteiger partial charge in [0.15, 0.2) is 12.5 Å². The number of phosphoric acid groups is 1.